The Kier molecular flexibility index (Phi) is 5.74. The molecule has 0 saturated heterocycles. The number of amides is 1. The highest BCUT2D eigenvalue weighted by Crippen LogP contribution is 2.37. The van der Waals surface area contributed by atoms with Gasteiger partial charge in [0, 0.05) is 30.5 Å². The monoisotopic (exact) mass is 456 g/mol. The summed E-state index contributed by atoms with van der Waals surface area (Å²) in [6.45, 7) is 0. The number of nitrogens with zero attached hydrogens (tertiary/aromatic N) is 4. The number of hydrogen-bond donors (Lipinski definition) is 0. The first-order valence-electron chi connectivity index (χ1n) is 9.91. The SMILES string of the molecule is CS(=O)(=O)N(C(=O)CCc1nc(-c2cccc([N+](=O)[O-])c2)no1)C1CCc2ccccc21. The van der Waals surface area contributed by atoms with Crippen LogP contribution in [-0.2, 0) is 27.7 Å². The smallest absolute Gasteiger partial charge is 0.270 e. The number of hydrogen-bond acceptors (Lipinski definition) is 8. The molecule has 0 fully saturated rings. The Morgan fingerprint density at radius 2 is 2.03 bits per heavy atom. The number of aromatic nitrogens is 2. The second-order valence-electron chi connectivity index (χ2n) is 7.53. The Morgan fingerprint density at radius 3 is 2.78 bits per heavy atom. The van der Waals surface area contributed by atoms with E-state index in [-0.39, 0.29) is 30.2 Å². The lowest BCUT2D eigenvalue weighted by atomic mass is 10.1. The summed E-state index contributed by atoms with van der Waals surface area (Å²) in [5.74, 6) is -0.259. The van der Waals surface area contributed by atoms with Gasteiger partial charge >= 0.3 is 0 Å². The molecule has 0 bridgehead atoms. The highest BCUT2D eigenvalue weighted by Gasteiger charge is 2.36. The fourth-order valence-corrected chi connectivity index (χ4v) is 5.07. The van der Waals surface area contributed by atoms with Crippen molar-refractivity contribution >= 4 is 21.6 Å². The van der Waals surface area contributed by atoms with Crippen molar-refractivity contribution in [3.8, 4) is 11.4 Å². The minimum atomic E-state index is -3.79. The summed E-state index contributed by atoms with van der Waals surface area (Å²) in [5.41, 5.74) is 2.18. The van der Waals surface area contributed by atoms with Gasteiger partial charge in [0.25, 0.3) is 5.69 Å². The quantitative estimate of drug-likeness (QED) is 0.391. The van der Waals surface area contributed by atoms with Crippen molar-refractivity contribution < 1.29 is 22.7 Å². The zero-order valence-corrected chi connectivity index (χ0v) is 18.0. The molecule has 1 atom stereocenters. The first-order valence-corrected chi connectivity index (χ1v) is 11.8. The van der Waals surface area contributed by atoms with Gasteiger partial charge in [-0.15, -0.1) is 0 Å². The molecule has 4 rings (SSSR count). The Balaban J connectivity index is 1.49. The number of benzene rings is 2. The maximum atomic E-state index is 12.9. The number of rotatable bonds is 7. The minimum Gasteiger partial charge on any atom is -0.339 e. The zero-order valence-electron chi connectivity index (χ0n) is 17.2. The number of nitro groups is 1. The van der Waals surface area contributed by atoms with E-state index in [1.165, 1.54) is 18.2 Å². The van der Waals surface area contributed by atoms with Crippen molar-refractivity contribution in [2.75, 3.05) is 6.26 Å². The van der Waals surface area contributed by atoms with Crippen molar-refractivity contribution in [3.05, 3.63) is 75.7 Å². The third-order valence-electron chi connectivity index (χ3n) is 5.32. The zero-order chi connectivity index (χ0) is 22.9. The van der Waals surface area contributed by atoms with E-state index in [0.29, 0.717) is 18.4 Å². The van der Waals surface area contributed by atoms with Crippen molar-refractivity contribution in [3.63, 3.8) is 0 Å². The van der Waals surface area contributed by atoms with Gasteiger partial charge in [-0.05, 0) is 24.0 Å². The fraction of sp³-hybridized carbons (Fsp3) is 0.286. The molecular weight excluding hydrogens is 436 g/mol. The van der Waals surface area contributed by atoms with Crippen LogP contribution in [0.15, 0.2) is 53.1 Å². The van der Waals surface area contributed by atoms with Crippen LogP contribution in [0.1, 0.15) is 35.9 Å². The predicted molar refractivity (Wildman–Crippen MR) is 114 cm³/mol. The van der Waals surface area contributed by atoms with Gasteiger partial charge in [0.1, 0.15) is 0 Å². The van der Waals surface area contributed by atoms with Gasteiger partial charge in [0.2, 0.25) is 27.6 Å². The van der Waals surface area contributed by atoms with E-state index in [2.05, 4.69) is 10.1 Å². The van der Waals surface area contributed by atoms with Crippen molar-refractivity contribution in [2.24, 2.45) is 0 Å². The van der Waals surface area contributed by atoms with Gasteiger partial charge < -0.3 is 4.52 Å². The third-order valence-corrected chi connectivity index (χ3v) is 6.50. The lowest BCUT2D eigenvalue weighted by molar-refractivity contribution is -0.384. The number of carbonyl (C=O) groups is 1. The second-order valence-corrected chi connectivity index (χ2v) is 9.38. The minimum absolute atomic E-state index is 0.0428. The molecule has 32 heavy (non-hydrogen) atoms. The molecule has 1 unspecified atom stereocenters. The molecule has 166 valence electrons. The number of non-ortho nitro benzene ring substituents is 1. The lowest BCUT2D eigenvalue weighted by Crippen LogP contribution is -2.38. The molecule has 10 nitrogen and oxygen atoms in total. The molecule has 1 amide bonds. The summed E-state index contributed by atoms with van der Waals surface area (Å²) in [7, 11) is -3.79. The Bertz CT molecular complexity index is 1290. The molecule has 1 heterocycles. The number of nitro benzene ring substituents is 1. The van der Waals surface area contributed by atoms with Gasteiger partial charge in [-0.25, -0.2) is 12.7 Å². The van der Waals surface area contributed by atoms with E-state index < -0.39 is 26.9 Å². The van der Waals surface area contributed by atoms with Crippen LogP contribution >= 0.6 is 0 Å². The molecule has 0 saturated carbocycles. The second kappa shape index (κ2) is 8.50. The number of sulfonamides is 1. The van der Waals surface area contributed by atoms with Crippen molar-refractivity contribution in [2.45, 2.75) is 31.7 Å². The van der Waals surface area contributed by atoms with E-state index in [1.807, 2.05) is 24.3 Å². The van der Waals surface area contributed by atoms with Crippen LogP contribution < -0.4 is 0 Å². The van der Waals surface area contributed by atoms with Gasteiger partial charge in [-0.3, -0.25) is 14.9 Å². The normalized spacial score (nSPS) is 15.3. The molecule has 1 aliphatic carbocycles. The summed E-state index contributed by atoms with van der Waals surface area (Å²) < 4.78 is 31.0. The highest BCUT2D eigenvalue weighted by atomic mass is 32.2. The maximum Gasteiger partial charge on any atom is 0.270 e. The lowest BCUT2D eigenvalue weighted by Gasteiger charge is -2.27. The summed E-state index contributed by atoms with van der Waals surface area (Å²) in [4.78, 5) is 27.5. The summed E-state index contributed by atoms with van der Waals surface area (Å²) >= 11 is 0. The van der Waals surface area contributed by atoms with Gasteiger partial charge in [-0.1, -0.05) is 41.6 Å². The molecule has 1 aliphatic rings. The standard InChI is InChI=1S/C21H20N4O6S/c1-32(29,30)24(18-10-9-14-5-2-3-8-17(14)18)20(26)12-11-19-22-21(23-31-19)15-6-4-7-16(13-15)25(27)28/h2-8,13,18H,9-12H2,1H3. The topological polar surface area (TPSA) is 137 Å². The Labute approximate surface area is 184 Å². The van der Waals surface area contributed by atoms with Gasteiger partial charge in [0.15, 0.2) is 0 Å². The molecule has 1 aromatic heterocycles. The molecular formula is C21H20N4O6S. The molecule has 2 aromatic carbocycles. The molecule has 0 aliphatic heterocycles. The number of carbonyl (C=O) groups excluding carboxylic acids is 1. The predicted octanol–water partition coefficient (Wildman–Crippen LogP) is 3.05. The van der Waals surface area contributed by atoms with E-state index in [0.717, 1.165) is 21.7 Å². The fourth-order valence-electron chi connectivity index (χ4n) is 3.92. The number of aryl methyl sites for hydroxylation is 2. The van der Waals surface area contributed by atoms with Crippen LogP contribution in [0.5, 0.6) is 0 Å². The Morgan fingerprint density at radius 1 is 1.25 bits per heavy atom. The summed E-state index contributed by atoms with van der Waals surface area (Å²) in [6.07, 6.45) is 2.18. The van der Waals surface area contributed by atoms with Gasteiger partial charge in [0.05, 0.1) is 17.2 Å². The van der Waals surface area contributed by atoms with E-state index in [4.69, 9.17) is 4.52 Å². The highest BCUT2D eigenvalue weighted by molar-refractivity contribution is 7.88. The molecule has 0 spiro atoms. The third kappa shape index (κ3) is 4.37. The average Bonchev–Trinajstić information content (AvgIpc) is 3.39. The van der Waals surface area contributed by atoms with Crippen LogP contribution in [0, 0.1) is 10.1 Å². The van der Waals surface area contributed by atoms with Crippen LogP contribution in [0.25, 0.3) is 11.4 Å². The summed E-state index contributed by atoms with van der Waals surface area (Å²) in [6, 6.07) is 12.8. The average molecular weight is 456 g/mol. The van der Waals surface area contributed by atoms with Gasteiger partial charge in [-0.2, -0.15) is 4.98 Å². The first-order chi connectivity index (χ1) is 15.2. The van der Waals surface area contributed by atoms with E-state index in [1.54, 1.807) is 6.07 Å². The van der Waals surface area contributed by atoms with Crippen LogP contribution in [0.4, 0.5) is 5.69 Å². The largest absolute Gasteiger partial charge is 0.339 e. The van der Waals surface area contributed by atoms with E-state index >= 15 is 0 Å². The van der Waals surface area contributed by atoms with Crippen molar-refractivity contribution in [1.82, 2.24) is 14.4 Å². The van der Waals surface area contributed by atoms with Crippen LogP contribution in [-0.4, -0.2) is 39.9 Å². The van der Waals surface area contributed by atoms with E-state index in [9.17, 15) is 23.3 Å². The molecule has 3 aromatic rings. The summed E-state index contributed by atoms with van der Waals surface area (Å²) in [5, 5.41) is 14.8. The van der Waals surface area contributed by atoms with Crippen molar-refractivity contribution in [1.29, 1.82) is 0 Å². The van der Waals surface area contributed by atoms with Crippen LogP contribution in [0.2, 0.25) is 0 Å². The maximum absolute atomic E-state index is 12.9. The molecule has 0 radical (unpaired) electrons. The number of fused-ring (bicyclic) bond motifs is 1. The first kappa shape index (κ1) is 21.6. The molecule has 0 N–H and O–H groups in total. The Hall–Kier alpha value is -3.60. The van der Waals surface area contributed by atoms with Crippen LogP contribution in [0.3, 0.4) is 0 Å². The molecule has 11 heteroatoms.